The van der Waals surface area contributed by atoms with Crippen molar-refractivity contribution in [2.75, 3.05) is 46.9 Å². The topological polar surface area (TPSA) is 53.0 Å². The molecule has 1 N–H and O–H groups in total. The van der Waals surface area contributed by atoms with Crippen molar-refractivity contribution in [1.82, 2.24) is 9.80 Å². The van der Waals surface area contributed by atoms with Crippen molar-refractivity contribution in [2.24, 2.45) is 5.41 Å². The fraction of sp³-hybridized carbons (Fsp3) is 0.929. The van der Waals surface area contributed by atoms with Crippen LogP contribution in [0.15, 0.2) is 0 Å². The molecule has 1 rings (SSSR count). The summed E-state index contributed by atoms with van der Waals surface area (Å²) in [5.41, 5.74) is -0.0172. The van der Waals surface area contributed by atoms with Gasteiger partial charge in [0.15, 0.2) is 0 Å². The molecule has 1 saturated heterocycles. The quantitative estimate of drug-likeness (QED) is 0.795. The van der Waals surface area contributed by atoms with Gasteiger partial charge in [-0.25, -0.2) is 0 Å². The molecule has 1 aliphatic heterocycles. The summed E-state index contributed by atoms with van der Waals surface area (Å²) >= 11 is 0. The van der Waals surface area contributed by atoms with Crippen LogP contribution in [-0.2, 0) is 9.53 Å². The van der Waals surface area contributed by atoms with Crippen LogP contribution in [0.5, 0.6) is 0 Å². The molecular weight excluding hydrogens is 244 g/mol. The number of likely N-dealkylation sites (tertiary alicyclic amines) is 1. The van der Waals surface area contributed by atoms with Gasteiger partial charge in [0, 0.05) is 26.7 Å². The average molecular weight is 272 g/mol. The van der Waals surface area contributed by atoms with E-state index >= 15 is 0 Å². The number of amides is 1. The van der Waals surface area contributed by atoms with Crippen LogP contribution in [0.25, 0.3) is 0 Å². The smallest absolute Gasteiger partial charge is 0.236 e. The van der Waals surface area contributed by atoms with E-state index in [1.54, 1.807) is 7.11 Å². The Bertz CT molecular complexity index is 294. The molecule has 0 spiro atoms. The van der Waals surface area contributed by atoms with Crippen LogP contribution in [0.1, 0.15) is 26.7 Å². The molecule has 0 unspecified atom stereocenters. The van der Waals surface area contributed by atoms with Crippen LogP contribution in [0.4, 0.5) is 0 Å². The summed E-state index contributed by atoms with van der Waals surface area (Å²) in [5, 5.41) is 9.86. The molecule has 5 heteroatoms. The maximum atomic E-state index is 12.3. The lowest BCUT2D eigenvalue weighted by atomic mass is 9.87. The van der Waals surface area contributed by atoms with Crippen LogP contribution in [0, 0.1) is 5.41 Å². The zero-order valence-electron chi connectivity index (χ0n) is 12.7. The second-order valence-corrected chi connectivity index (χ2v) is 6.36. The number of aliphatic hydroxyl groups is 1. The van der Waals surface area contributed by atoms with Crippen molar-refractivity contribution >= 4 is 5.91 Å². The highest BCUT2D eigenvalue weighted by Crippen LogP contribution is 2.28. The Kier molecular flexibility index (Phi) is 6.23. The molecule has 0 radical (unpaired) electrons. The highest BCUT2D eigenvalue weighted by Gasteiger charge is 2.31. The molecule has 112 valence electrons. The number of carbonyl (C=O) groups is 1. The molecule has 1 aliphatic rings. The SMILES string of the molecule is COCCN(C)CC(=O)N1CC[C@H](O)CC(C)(C)C1. The minimum atomic E-state index is -0.293. The van der Waals surface area contributed by atoms with E-state index in [2.05, 4.69) is 13.8 Å². The zero-order chi connectivity index (χ0) is 14.5. The first kappa shape index (κ1) is 16.4. The number of carbonyl (C=O) groups excluding carboxylic acids is 1. The lowest BCUT2D eigenvalue weighted by Gasteiger charge is -2.30. The highest BCUT2D eigenvalue weighted by molar-refractivity contribution is 5.78. The Hall–Kier alpha value is -0.650. The number of likely N-dealkylation sites (N-methyl/N-ethyl adjacent to an activating group) is 1. The number of hydrogen-bond donors (Lipinski definition) is 1. The molecule has 1 amide bonds. The van der Waals surface area contributed by atoms with E-state index in [0.29, 0.717) is 26.1 Å². The lowest BCUT2D eigenvalue weighted by molar-refractivity contribution is -0.133. The molecular formula is C14H28N2O3. The highest BCUT2D eigenvalue weighted by atomic mass is 16.5. The van der Waals surface area contributed by atoms with Crippen LogP contribution < -0.4 is 0 Å². The van der Waals surface area contributed by atoms with Crippen molar-refractivity contribution in [3.05, 3.63) is 0 Å². The normalized spacial score (nSPS) is 23.5. The lowest BCUT2D eigenvalue weighted by Crippen LogP contribution is -2.43. The molecule has 0 aliphatic carbocycles. The predicted molar refractivity (Wildman–Crippen MR) is 75.0 cm³/mol. The Morgan fingerprint density at radius 2 is 2.21 bits per heavy atom. The average Bonchev–Trinajstić information content (AvgIpc) is 2.44. The Morgan fingerprint density at radius 1 is 1.53 bits per heavy atom. The largest absolute Gasteiger partial charge is 0.393 e. The number of nitrogens with zero attached hydrogens (tertiary/aromatic N) is 2. The van der Waals surface area contributed by atoms with Crippen LogP contribution in [0.2, 0.25) is 0 Å². The Labute approximate surface area is 116 Å². The molecule has 1 fully saturated rings. The third kappa shape index (κ3) is 5.89. The van der Waals surface area contributed by atoms with Crippen LogP contribution in [0.3, 0.4) is 0 Å². The number of aliphatic hydroxyl groups excluding tert-OH is 1. The maximum Gasteiger partial charge on any atom is 0.236 e. The van der Waals surface area contributed by atoms with E-state index in [1.165, 1.54) is 0 Å². The van der Waals surface area contributed by atoms with Gasteiger partial charge >= 0.3 is 0 Å². The summed E-state index contributed by atoms with van der Waals surface area (Å²) in [5.74, 6) is 0.140. The molecule has 0 aromatic rings. The first-order valence-electron chi connectivity index (χ1n) is 6.97. The summed E-state index contributed by atoms with van der Waals surface area (Å²) in [4.78, 5) is 16.1. The van der Waals surface area contributed by atoms with Gasteiger partial charge in [-0.15, -0.1) is 0 Å². The van der Waals surface area contributed by atoms with Gasteiger partial charge in [-0.2, -0.15) is 0 Å². The van der Waals surface area contributed by atoms with Gasteiger partial charge in [-0.1, -0.05) is 13.8 Å². The van der Waals surface area contributed by atoms with Crippen molar-refractivity contribution < 1.29 is 14.6 Å². The van der Waals surface area contributed by atoms with E-state index in [0.717, 1.165) is 19.5 Å². The number of ether oxygens (including phenoxy) is 1. The van der Waals surface area contributed by atoms with Crippen LogP contribution in [-0.4, -0.2) is 73.9 Å². The fourth-order valence-electron chi connectivity index (χ4n) is 2.58. The van der Waals surface area contributed by atoms with E-state index in [-0.39, 0.29) is 17.4 Å². The summed E-state index contributed by atoms with van der Waals surface area (Å²) in [7, 11) is 3.59. The summed E-state index contributed by atoms with van der Waals surface area (Å²) in [6.07, 6.45) is 1.15. The van der Waals surface area contributed by atoms with Gasteiger partial charge in [0.2, 0.25) is 5.91 Å². The molecule has 5 nitrogen and oxygen atoms in total. The number of rotatable bonds is 5. The molecule has 1 atom stereocenters. The van der Waals surface area contributed by atoms with Crippen molar-refractivity contribution in [3.8, 4) is 0 Å². The minimum Gasteiger partial charge on any atom is -0.393 e. The van der Waals surface area contributed by atoms with Gasteiger partial charge in [-0.3, -0.25) is 9.69 Å². The molecule has 0 aromatic heterocycles. The molecule has 0 bridgehead atoms. The first-order valence-corrected chi connectivity index (χ1v) is 6.97. The van der Waals surface area contributed by atoms with Crippen LogP contribution >= 0.6 is 0 Å². The first-order chi connectivity index (χ1) is 8.84. The fourth-order valence-corrected chi connectivity index (χ4v) is 2.58. The Morgan fingerprint density at radius 3 is 2.84 bits per heavy atom. The van der Waals surface area contributed by atoms with E-state index < -0.39 is 0 Å². The Balaban J connectivity index is 2.51. The van der Waals surface area contributed by atoms with Crippen molar-refractivity contribution in [3.63, 3.8) is 0 Å². The summed E-state index contributed by atoms with van der Waals surface area (Å²) < 4.78 is 5.01. The van der Waals surface area contributed by atoms with E-state index in [9.17, 15) is 9.90 Å². The van der Waals surface area contributed by atoms with Gasteiger partial charge in [0.25, 0.3) is 0 Å². The second kappa shape index (κ2) is 7.22. The predicted octanol–water partition coefficient (Wildman–Crippen LogP) is 0.574. The molecule has 0 aromatic carbocycles. The monoisotopic (exact) mass is 272 g/mol. The van der Waals surface area contributed by atoms with Gasteiger partial charge in [0.05, 0.1) is 19.3 Å². The van der Waals surface area contributed by atoms with Gasteiger partial charge < -0.3 is 14.7 Å². The molecule has 0 saturated carbocycles. The third-order valence-electron chi connectivity index (χ3n) is 3.57. The standard InChI is InChI=1S/C14H28N2O3/c1-14(2)9-12(17)5-6-16(11-14)13(18)10-15(3)7-8-19-4/h12,17H,5-11H2,1-4H3/t12-/m0/s1. The number of methoxy groups -OCH3 is 1. The summed E-state index contributed by atoms with van der Waals surface area (Å²) in [6.45, 7) is 7.39. The van der Waals surface area contributed by atoms with Crippen molar-refractivity contribution in [2.45, 2.75) is 32.8 Å². The van der Waals surface area contributed by atoms with E-state index in [1.807, 2.05) is 16.8 Å². The second-order valence-electron chi connectivity index (χ2n) is 6.36. The van der Waals surface area contributed by atoms with Gasteiger partial charge in [-0.05, 0) is 25.3 Å². The minimum absolute atomic E-state index is 0.0172. The van der Waals surface area contributed by atoms with Crippen molar-refractivity contribution in [1.29, 1.82) is 0 Å². The zero-order valence-corrected chi connectivity index (χ0v) is 12.7. The van der Waals surface area contributed by atoms with E-state index in [4.69, 9.17) is 4.74 Å². The maximum absolute atomic E-state index is 12.3. The molecule has 19 heavy (non-hydrogen) atoms. The van der Waals surface area contributed by atoms with Gasteiger partial charge in [0.1, 0.15) is 0 Å². The molecule has 1 heterocycles. The number of hydrogen-bond acceptors (Lipinski definition) is 4. The third-order valence-corrected chi connectivity index (χ3v) is 3.57. The summed E-state index contributed by atoms with van der Waals surface area (Å²) in [6, 6.07) is 0.